The number of thiophene rings is 1. The van der Waals surface area contributed by atoms with Gasteiger partial charge >= 0.3 is 0 Å². The van der Waals surface area contributed by atoms with Crippen LogP contribution in [0.3, 0.4) is 0 Å². The third-order valence-electron chi connectivity index (χ3n) is 2.70. The minimum absolute atomic E-state index is 0.0354. The average Bonchev–Trinajstić information content (AvgIpc) is 2.98. The Hall–Kier alpha value is -1.36. The van der Waals surface area contributed by atoms with Crippen molar-refractivity contribution in [3.8, 4) is 16.9 Å². The van der Waals surface area contributed by atoms with Crippen molar-refractivity contribution in [1.82, 2.24) is 0 Å². The summed E-state index contributed by atoms with van der Waals surface area (Å²) < 4.78 is 11.0. The average molecular weight is 278 g/mol. The lowest BCUT2D eigenvalue weighted by Crippen LogP contribution is -2.17. The van der Waals surface area contributed by atoms with Gasteiger partial charge in [0.15, 0.2) is 0 Å². The molecule has 1 N–H and O–H groups in total. The van der Waals surface area contributed by atoms with Crippen LogP contribution in [0.5, 0.6) is 5.75 Å². The minimum Gasteiger partial charge on any atom is -0.491 e. The molecule has 2 rings (SSSR count). The van der Waals surface area contributed by atoms with Gasteiger partial charge in [-0.15, -0.1) is 0 Å². The minimum atomic E-state index is -0.138. The van der Waals surface area contributed by atoms with Crippen molar-refractivity contribution in [2.24, 2.45) is 0 Å². The van der Waals surface area contributed by atoms with Crippen LogP contribution in [0, 0.1) is 0 Å². The Balaban J connectivity index is 1.86. The molecule has 0 spiro atoms. The molecule has 1 aromatic carbocycles. The van der Waals surface area contributed by atoms with E-state index in [-0.39, 0.29) is 12.7 Å². The van der Waals surface area contributed by atoms with Gasteiger partial charge in [0.25, 0.3) is 0 Å². The molecule has 0 bridgehead atoms. The zero-order valence-corrected chi connectivity index (χ0v) is 11.7. The third kappa shape index (κ3) is 4.35. The Bertz CT molecular complexity index is 482. The van der Waals surface area contributed by atoms with Crippen LogP contribution in [-0.2, 0) is 4.74 Å². The predicted molar refractivity (Wildman–Crippen MR) is 77.7 cm³/mol. The fourth-order valence-corrected chi connectivity index (χ4v) is 2.32. The summed E-state index contributed by atoms with van der Waals surface area (Å²) in [6.45, 7) is 2.83. The maximum Gasteiger partial charge on any atom is 0.120 e. The summed E-state index contributed by atoms with van der Waals surface area (Å²) in [4.78, 5) is 0. The molecule has 0 saturated heterocycles. The maximum atomic E-state index is 8.83. The number of ether oxygens (including phenoxy) is 2. The van der Waals surface area contributed by atoms with Gasteiger partial charge in [-0.2, -0.15) is 11.3 Å². The first-order valence-electron chi connectivity index (χ1n) is 6.27. The molecule has 102 valence electrons. The van der Waals surface area contributed by atoms with Crippen LogP contribution in [0.4, 0.5) is 0 Å². The summed E-state index contributed by atoms with van der Waals surface area (Å²) in [6.07, 6.45) is -0.138. The molecule has 3 nitrogen and oxygen atoms in total. The molecule has 0 amide bonds. The van der Waals surface area contributed by atoms with E-state index < -0.39 is 0 Å². The van der Waals surface area contributed by atoms with Crippen LogP contribution in [0.2, 0.25) is 0 Å². The first-order valence-corrected chi connectivity index (χ1v) is 7.22. The highest BCUT2D eigenvalue weighted by atomic mass is 32.1. The molecule has 0 aliphatic carbocycles. The molecule has 2 aromatic rings. The van der Waals surface area contributed by atoms with Crippen molar-refractivity contribution in [2.45, 2.75) is 13.0 Å². The van der Waals surface area contributed by atoms with Gasteiger partial charge in [-0.25, -0.2) is 0 Å². The lowest BCUT2D eigenvalue weighted by molar-refractivity contribution is 0.0110. The van der Waals surface area contributed by atoms with Crippen LogP contribution < -0.4 is 4.74 Å². The second kappa shape index (κ2) is 7.28. The fraction of sp³-hybridized carbons (Fsp3) is 0.333. The van der Waals surface area contributed by atoms with Crippen LogP contribution in [0.25, 0.3) is 11.1 Å². The van der Waals surface area contributed by atoms with Crippen molar-refractivity contribution in [3.05, 3.63) is 41.1 Å². The summed E-state index contributed by atoms with van der Waals surface area (Å²) in [5.41, 5.74) is 2.36. The van der Waals surface area contributed by atoms with Gasteiger partial charge in [-0.05, 0) is 47.0 Å². The van der Waals surface area contributed by atoms with Crippen LogP contribution in [-0.4, -0.2) is 31.0 Å². The van der Waals surface area contributed by atoms with E-state index in [1.165, 1.54) is 5.56 Å². The standard InChI is InChI=1S/C15H18O3S/c1-12(10-16)17-6-7-18-15-4-2-3-13(9-15)14-5-8-19-11-14/h2-5,8-9,11-12,16H,6-7,10H2,1H3. The number of rotatable bonds is 7. The monoisotopic (exact) mass is 278 g/mol. The lowest BCUT2D eigenvalue weighted by atomic mass is 10.1. The van der Waals surface area contributed by atoms with Crippen molar-refractivity contribution < 1.29 is 14.6 Å². The Morgan fingerprint density at radius 3 is 2.84 bits per heavy atom. The smallest absolute Gasteiger partial charge is 0.120 e. The first-order chi connectivity index (χ1) is 9.29. The highest BCUT2D eigenvalue weighted by molar-refractivity contribution is 7.08. The van der Waals surface area contributed by atoms with E-state index in [0.29, 0.717) is 13.2 Å². The van der Waals surface area contributed by atoms with Crippen molar-refractivity contribution in [2.75, 3.05) is 19.8 Å². The maximum absolute atomic E-state index is 8.83. The molecule has 0 fully saturated rings. The second-order valence-corrected chi connectivity index (χ2v) is 5.03. The molecule has 0 saturated carbocycles. The molecule has 1 heterocycles. The van der Waals surface area contributed by atoms with Gasteiger partial charge in [-0.1, -0.05) is 12.1 Å². The Morgan fingerprint density at radius 1 is 1.21 bits per heavy atom. The summed E-state index contributed by atoms with van der Waals surface area (Å²) >= 11 is 1.68. The van der Waals surface area contributed by atoms with Crippen molar-refractivity contribution in [1.29, 1.82) is 0 Å². The number of aliphatic hydroxyl groups excluding tert-OH is 1. The molecule has 0 radical (unpaired) electrons. The van der Waals surface area contributed by atoms with E-state index in [1.807, 2.05) is 25.1 Å². The molecule has 19 heavy (non-hydrogen) atoms. The molecular weight excluding hydrogens is 260 g/mol. The van der Waals surface area contributed by atoms with E-state index >= 15 is 0 Å². The fourth-order valence-electron chi connectivity index (χ4n) is 1.66. The molecule has 1 unspecified atom stereocenters. The largest absolute Gasteiger partial charge is 0.491 e. The molecule has 1 atom stereocenters. The predicted octanol–water partition coefficient (Wildman–Crippen LogP) is 3.19. The van der Waals surface area contributed by atoms with Gasteiger partial charge in [-0.3, -0.25) is 0 Å². The molecule has 4 heteroatoms. The Labute approximate surface area is 117 Å². The molecule has 1 aromatic heterocycles. The van der Waals surface area contributed by atoms with E-state index in [2.05, 4.69) is 22.9 Å². The van der Waals surface area contributed by atoms with Crippen LogP contribution in [0.15, 0.2) is 41.1 Å². The zero-order chi connectivity index (χ0) is 13.5. The van der Waals surface area contributed by atoms with Gasteiger partial charge in [0, 0.05) is 0 Å². The van der Waals surface area contributed by atoms with E-state index in [1.54, 1.807) is 11.3 Å². The van der Waals surface area contributed by atoms with Crippen LogP contribution >= 0.6 is 11.3 Å². The van der Waals surface area contributed by atoms with Gasteiger partial charge < -0.3 is 14.6 Å². The second-order valence-electron chi connectivity index (χ2n) is 4.25. The normalized spacial score (nSPS) is 12.3. The van der Waals surface area contributed by atoms with Gasteiger partial charge in [0.05, 0.1) is 19.3 Å². The zero-order valence-electron chi connectivity index (χ0n) is 10.9. The summed E-state index contributed by atoms with van der Waals surface area (Å²) in [5, 5.41) is 13.0. The summed E-state index contributed by atoms with van der Waals surface area (Å²) in [6, 6.07) is 10.1. The quantitative estimate of drug-likeness (QED) is 0.791. The molecular formula is C15H18O3S. The lowest BCUT2D eigenvalue weighted by Gasteiger charge is -2.11. The van der Waals surface area contributed by atoms with E-state index in [0.717, 1.165) is 11.3 Å². The third-order valence-corrected chi connectivity index (χ3v) is 3.38. The number of benzene rings is 1. The topological polar surface area (TPSA) is 38.7 Å². The summed E-state index contributed by atoms with van der Waals surface area (Å²) in [7, 11) is 0. The van der Waals surface area contributed by atoms with Crippen molar-refractivity contribution in [3.63, 3.8) is 0 Å². The van der Waals surface area contributed by atoms with Crippen LogP contribution in [0.1, 0.15) is 6.92 Å². The van der Waals surface area contributed by atoms with E-state index in [4.69, 9.17) is 14.6 Å². The number of aliphatic hydroxyl groups is 1. The van der Waals surface area contributed by atoms with Crippen molar-refractivity contribution >= 4 is 11.3 Å². The molecule has 0 aliphatic rings. The van der Waals surface area contributed by atoms with E-state index in [9.17, 15) is 0 Å². The highest BCUT2D eigenvalue weighted by Gasteiger charge is 2.02. The van der Waals surface area contributed by atoms with Gasteiger partial charge in [0.1, 0.15) is 12.4 Å². The molecule has 0 aliphatic heterocycles. The summed E-state index contributed by atoms with van der Waals surface area (Å²) in [5.74, 6) is 0.837. The Kier molecular flexibility index (Phi) is 5.39. The number of hydrogen-bond donors (Lipinski definition) is 1. The first kappa shape index (κ1) is 14.1. The van der Waals surface area contributed by atoms with Gasteiger partial charge in [0.2, 0.25) is 0 Å². The number of hydrogen-bond acceptors (Lipinski definition) is 4. The SMILES string of the molecule is CC(CO)OCCOc1cccc(-c2ccsc2)c1. The highest BCUT2D eigenvalue weighted by Crippen LogP contribution is 2.25. The Morgan fingerprint density at radius 2 is 2.11 bits per heavy atom.